The van der Waals surface area contributed by atoms with Crippen LogP contribution in [0, 0.1) is 13.8 Å². The number of carbonyl (C=O) groups is 1. The summed E-state index contributed by atoms with van der Waals surface area (Å²) in [5.41, 5.74) is 1.97. The van der Waals surface area contributed by atoms with Gasteiger partial charge in [-0.15, -0.1) is 0 Å². The zero-order valence-corrected chi connectivity index (χ0v) is 18.0. The van der Waals surface area contributed by atoms with Gasteiger partial charge in [0.25, 0.3) is 0 Å². The van der Waals surface area contributed by atoms with Crippen LogP contribution < -0.4 is 9.47 Å². The summed E-state index contributed by atoms with van der Waals surface area (Å²) < 4.78 is 16.9. The molecule has 0 aliphatic carbocycles. The molecule has 2 aromatic rings. The molecule has 4 rings (SSSR count). The number of phenolic OH excluding ortho intramolecular Hbond substituents is 2. The summed E-state index contributed by atoms with van der Waals surface area (Å²) in [7, 11) is 0. The van der Waals surface area contributed by atoms with E-state index in [0.29, 0.717) is 16.7 Å². The van der Waals surface area contributed by atoms with Gasteiger partial charge >= 0.3 is 0 Å². The van der Waals surface area contributed by atoms with Gasteiger partial charge < -0.3 is 44.8 Å². The van der Waals surface area contributed by atoms with Crippen molar-refractivity contribution < 1.29 is 49.6 Å². The van der Waals surface area contributed by atoms with E-state index < -0.39 is 43.4 Å². The number of aryl methyl sites for hydroxylation is 2. The number of phenols is 2. The van der Waals surface area contributed by atoms with Gasteiger partial charge in [-0.25, -0.2) is 0 Å². The average molecular weight is 462 g/mol. The van der Waals surface area contributed by atoms with Gasteiger partial charge in [-0.3, -0.25) is 4.79 Å². The highest BCUT2D eigenvalue weighted by Gasteiger charge is 2.45. The fourth-order valence-electron chi connectivity index (χ4n) is 4.15. The van der Waals surface area contributed by atoms with Gasteiger partial charge in [-0.05, 0) is 42.7 Å². The molecular weight excluding hydrogens is 436 g/mol. The molecule has 0 aromatic heterocycles. The molecule has 2 aliphatic rings. The molecular formula is C23H26O10. The van der Waals surface area contributed by atoms with Crippen molar-refractivity contribution in [2.75, 3.05) is 6.61 Å². The highest BCUT2D eigenvalue weighted by Crippen LogP contribution is 2.43. The average Bonchev–Trinajstić information content (AvgIpc) is 2.76. The molecule has 2 aliphatic heterocycles. The standard InChI is InChI=1S/C23H26O10/c1-9-3-11(4-10(2)19(9)27)14-7-13(26)18-15(31-14)5-12(25)6-16(18)32-23-22(30)21(29)20(28)17(8-24)33-23/h3-6,14,17,20-25,27-30H,7-8H2,1-2H3/t14-,17-,20-,21+,22-,23-/m1/s1. The lowest BCUT2D eigenvalue weighted by atomic mass is 9.93. The van der Waals surface area contributed by atoms with Gasteiger partial charge in [0.2, 0.25) is 6.29 Å². The van der Waals surface area contributed by atoms with E-state index >= 15 is 0 Å². The molecule has 33 heavy (non-hydrogen) atoms. The van der Waals surface area contributed by atoms with E-state index in [4.69, 9.17) is 14.2 Å². The summed E-state index contributed by atoms with van der Waals surface area (Å²) in [4.78, 5) is 13.1. The monoisotopic (exact) mass is 462 g/mol. The Hall–Kier alpha value is -2.89. The molecule has 0 spiro atoms. The Morgan fingerprint density at radius 1 is 1.00 bits per heavy atom. The van der Waals surface area contributed by atoms with Crippen LogP contribution in [-0.4, -0.2) is 73.7 Å². The van der Waals surface area contributed by atoms with Crippen molar-refractivity contribution in [1.29, 1.82) is 0 Å². The van der Waals surface area contributed by atoms with E-state index in [0.717, 1.165) is 6.07 Å². The molecule has 1 saturated heterocycles. The molecule has 0 amide bonds. The lowest BCUT2D eigenvalue weighted by molar-refractivity contribution is -0.277. The predicted molar refractivity (Wildman–Crippen MR) is 112 cm³/mol. The lowest BCUT2D eigenvalue weighted by Gasteiger charge is -2.40. The molecule has 2 aromatic carbocycles. The van der Waals surface area contributed by atoms with Crippen molar-refractivity contribution in [3.8, 4) is 23.0 Å². The Morgan fingerprint density at radius 3 is 2.30 bits per heavy atom. The topological polar surface area (TPSA) is 166 Å². The highest BCUT2D eigenvalue weighted by atomic mass is 16.7. The number of Topliss-reactive ketones (excluding diaryl/α,β-unsaturated/α-hetero) is 1. The van der Waals surface area contributed by atoms with Crippen LogP contribution >= 0.6 is 0 Å². The van der Waals surface area contributed by atoms with Crippen LogP contribution in [0.25, 0.3) is 0 Å². The number of carbonyl (C=O) groups excluding carboxylic acids is 1. The van der Waals surface area contributed by atoms with Crippen LogP contribution in [-0.2, 0) is 4.74 Å². The lowest BCUT2D eigenvalue weighted by Crippen LogP contribution is -2.60. The van der Waals surface area contributed by atoms with Crippen molar-refractivity contribution in [2.24, 2.45) is 0 Å². The summed E-state index contributed by atoms with van der Waals surface area (Å²) in [5, 5.41) is 59.7. The molecule has 6 N–H and O–H groups in total. The maximum absolute atomic E-state index is 13.1. The number of hydrogen-bond acceptors (Lipinski definition) is 10. The van der Waals surface area contributed by atoms with Crippen molar-refractivity contribution >= 4 is 5.78 Å². The minimum atomic E-state index is -1.68. The van der Waals surface area contributed by atoms with Crippen molar-refractivity contribution in [1.82, 2.24) is 0 Å². The number of benzene rings is 2. The summed E-state index contributed by atoms with van der Waals surface area (Å²) in [6.07, 6.45) is -8.34. The molecule has 0 saturated carbocycles. The summed E-state index contributed by atoms with van der Waals surface area (Å²) in [5.74, 6) is -0.562. The van der Waals surface area contributed by atoms with Crippen LogP contribution in [0.3, 0.4) is 0 Å². The smallest absolute Gasteiger partial charge is 0.229 e. The van der Waals surface area contributed by atoms with Crippen molar-refractivity contribution in [2.45, 2.75) is 57.1 Å². The Morgan fingerprint density at radius 2 is 1.67 bits per heavy atom. The molecule has 6 atom stereocenters. The second-order valence-electron chi connectivity index (χ2n) is 8.37. The number of fused-ring (bicyclic) bond motifs is 1. The first-order valence-corrected chi connectivity index (χ1v) is 10.4. The number of aliphatic hydroxyl groups excluding tert-OH is 4. The van der Waals surface area contributed by atoms with Gasteiger partial charge in [-0.2, -0.15) is 0 Å². The maximum Gasteiger partial charge on any atom is 0.229 e. The number of aliphatic hydroxyl groups is 4. The zero-order valence-electron chi connectivity index (χ0n) is 18.0. The second-order valence-corrected chi connectivity index (χ2v) is 8.37. The number of rotatable bonds is 4. The quantitative estimate of drug-likeness (QED) is 0.379. The van der Waals surface area contributed by atoms with Crippen LogP contribution in [0.1, 0.15) is 39.6 Å². The van der Waals surface area contributed by atoms with Gasteiger partial charge in [-0.1, -0.05) is 0 Å². The number of aromatic hydroxyl groups is 2. The third kappa shape index (κ3) is 4.23. The molecule has 178 valence electrons. The molecule has 1 fully saturated rings. The fraction of sp³-hybridized carbons (Fsp3) is 0.435. The minimum absolute atomic E-state index is 0.0215. The van der Waals surface area contributed by atoms with Gasteiger partial charge in [0.05, 0.1) is 13.0 Å². The second kappa shape index (κ2) is 8.81. The minimum Gasteiger partial charge on any atom is -0.508 e. The fourth-order valence-corrected chi connectivity index (χ4v) is 4.15. The van der Waals surface area contributed by atoms with E-state index in [1.165, 1.54) is 6.07 Å². The molecule has 10 nitrogen and oxygen atoms in total. The SMILES string of the molecule is Cc1cc([C@H]2CC(=O)c3c(O[C@@H]4O[C@H](CO)[C@@H](O)[C@H](O)[C@H]4O)cc(O)cc3O2)cc(C)c1O. The Kier molecular flexibility index (Phi) is 6.21. The largest absolute Gasteiger partial charge is 0.508 e. The third-order valence-corrected chi connectivity index (χ3v) is 5.95. The molecule has 0 radical (unpaired) electrons. The highest BCUT2D eigenvalue weighted by molar-refractivity contribution is 6.02. The number of ketones is 1. The van der Waals surface area contributed by atoms with E-state index in [1.807, 2.05) is 0 Å². The molecule has 0 unspecified atom stereocenters. The van der Waals surface area contributed by atoms with Crippen molar-refractivity contribution in [3.05, 3.63) is 46.5 Å². The Labute approximate surface area is 189 Å². The molecule has 2 heterocycles. The summed E-state index contributed by atoms with van der Waals surface area (Å²) in [6, 6.07) is 5.86. The molecule has 0 bridgehead atoms. The van der Waals surface area contributed by atoms with E-state index in [-0.39, 0.29) is 40.8 Å². The zero-order chi connectivity index (χ0) is 24.0. The van der Waals surface area contributed by atoms with E-state index in [9.17, 15) is 35.4 Å². The van der Waals surface area contributed by atoms with Gasteiger partial charge in [0.1, 0.15) is 59.1 Å². The van der Waals surface area contributed by atoms with Crippen LogP contribution in [0.15, 0.2) is 24.3 Å². The third-order valence-electron chi connectivity index (χ3n) is 5.95. The van der Waals surface area contributed by atoms with E-state index in [2.05, 4.69) is 0 Å². The number of ether oxygens (including phenoxy) is 3. The first-order valence-electron chi connectivity index (χ1n) is 10.4. The molecule has 10 heteroatoms. The Balaban J connectivity index is 1.65. The summed E-state index contributed by atoms with van der Waals surface area (Å²) >= 11 is 0. The normalized spacial score (nSPS) is 29.3. The van der Waals surface area contributed by atoms with Crippen LogP contribution in [0.5, 0.6) is 23.0 Å². The maximum atomic E-state index is 13.1. The van der Waals surface area contributed by atoms with E-state index in [1.54, 1.807) is 26.0 Å². The predicted octanol–water partition coefficient (Wildman–Crippen LogP) is 0.600. The van der Waals surface area contributed by atoms with Crippen LogP contribution in [0.2, 0.25) is 0 Å². The number of hydrogen-bond donors (Lipinski definition) is 6. The van der Waals surface area contributed by atoms with Crippen LogP contribution in [0.4, 0.5) is 0 Å². The van der Waals surface area contributed by atoms with Gasteiger partial charge in [0, 0.05) is 12.1 Å². The first-order chi connectivity index (χ1) is 15.6. The van der Waals surface area contributed by atoms with Gasteiger partial charge in [0.15, 0.2) is 5.78 Å². The Bertz CT molecular complexity index is 1040. The summed E-state index contributed by atoms with van der Waals surface area (Å²) in [6.45, 7) is 2.84. The van der Waals surface area contributed by atoms with Crippen molar-refractivity contribution in [3.63, 3.8) is 0 Å². The first kappa shape index (κ1) is 23.3.